The lowest BCUT2D eigenvalue weighted by atomic mass is 10.1. The van der Waals surface area contributed by atoms with Crippen LogP contribution in [0.15, 0.2) is 23.0 Å². The molecule has 0 spiro atoms. The van der Waals surface area contributed by atoms with E-state index in [4.69, 9.17) is 16.3 Å². The van der Waals surface area contributed by atoms with E-state index >= 15 is 0 Å². The number of nitrogens with zero attached hydrogens (tertiary/aromatic N) is 1. The number of aromatic nitrogens is 2. The molecule has 2 N–H and O–H groups in total. The third-order valence-corrected chi connectivity index (χ3v) is 3.67. The zero-order valence-corrected chi connectivity index (χ0v) is 13.5. The normalized spacial score (nSPS) is 10.5. The Morgan fingerprint density at radius 3 is 2.77 bits per heavy atom. The second kappa shape index (κ2) is 6.70. The standard InChI is InChI=1S/C15H18ClN3O3/c1-4-22-15(21)17-13-10(3)14(20)19(18-13)8-11-6-5-9(2)12(16)7-11/h5-7,18H,4,8H2,1-3H3,(H,17,21). The summed E-state index contributed by atoms with van der Waals surface area (Å²) < 4.78 is 6.21. The van der Waals surface area contributed by atoms with E-state index in [9.17, 15) is 9.59 Å². The summed E-state index contributed by atoms with van der Waals surface area (Å²) in [4.78, 5) is 23.6. The Morgan fingerprint density at radius 2 is 2.14 bits per heavy atom. The number of aromatic amines is 1. The zero-order chi connectivity index (χ0) is 16.3. The van der Waals surface area contributed by atoms with Gasteiger partial charge in [0.25, 0.3) is 5.56 Å². The molecular formula is C15H18ClN3O3. The van der Waals surface area contributed by atoms with E-state index < -0.39 is 6.09 Å². The Balaban J connectivity index is 2.23. The third kappa shape index (κ3) is 3.51. The van der Waals surface area contributed by atoms with Crippen LogP contribution in [0.5, 0.6) is 0 Å². The molecule has 0 aliphatic rings. The summed E-state index contributed by atoms with van der Waals surface area (Å²) in [6.45, 7) is 5.86. The number of nitrogens with one attached hydrogen (secondary N) is 2. The second-order valence-corrected chi connectivity index (χ2v) is 5.34. The summed E-state index contributed by atoms with van der Waals surface area (Å²) in [6, 6.07) is 5.62. The van der Waals surface area contributed by atoms with Gasteiger partial charge in [-0.2, -0.15) is 0 Å². The fraction of sp³-hybridized carbons (Fsp3) is 0.333. The van der Waals surface area contributed by atoms with Gasteiger partial charge < -0.3 is 4.74 Å². The monoisotopic (exact) mass is 323 g/mol. The highest BCUT2D eigenvalue weighted by molar-refractivity contribution is 6.31. The maximum Gasteiger partial charge on any atom is 0.412 e. The van der Waals surface area contributed by atoms with Crippen LogP contribution < -0.4 is 10.9 Å². The molecule has 0 aliphatic carbocycles. The molecule has 0 bridgehead atoms. The van der Waals surface area contributed by atoms with Gasteiger partial charge in [0.2, 0.25) is 0 Å². The molecule has 7 heteroatoms. The Labute approximate surface area is 133 Å². The fourth-order valence-electron chi connectivity index (χ4n) is 2.00. The summed E-state index contributed by atoms with van der Waals surface area (Å²) in [5.74, 6) is 0.335. The van der Waals surface area contributed by atoms with Gasteiger partial charge in [0, 0.05) is 5.02 Å². The van der Waals surface area contributed by atoms with Crippen molar-refractivity contribution in [3.05, 3.63) is 50.3 Å². The van der Waals surface area contributed by atoms with Crippen molar-refractivity contribution in [2.75, 3.05) is 11.9 Å². The first-order chi connectivity index (χ1) is 10.4. The van der Waals surface area contributed by atoms with E-state index in [1.54, 1.807) is 13.8 Å². The smallest absolute Gasteiger partial charge is 0.412 e. The first kappa shape index (κ1) is 16.2. The number of carbonyl (C=O) groups excluding carboxylic acids is 1. The Bertz CT molecular complexity index is 749. The maximum absolute atomic E-state index is 12.2. The number of anilines is 1. The van der Waals surface area contributed by atoms with Crippen LogP contribution in [-0.4, -0.2) is 22.5 Å². The zero-order valence-electron chi connectivity index (χ0n) is 12.7. The van der Waals surface area contributed by atoms with Crippen molar-refractivity contribution >= 4 is 23.5 Å². The van der Waals surface area contributed by atoms with E-state index in [-0.39, 0.29) is 12.2 Å². The maximum atomic E-state index is 12.2. The van der Waals surface area contributed by atoms with Crippen LogP contribution in [0.1, 0.15) is 23.6 Å². The van der Waals surface area contributed by atoms with Crippen LogP contribution in [0, 0.1) is 13.8 Å². The summed E-state index contributed by atoms with van der Waals surface area (Å²) >= 11 is 6.09. The minimum Gasteiger partial charge on any atom is -0.450 e. The van der Waals surface area contributed by atoms with Crippen molar-refractivity contribution in [1.29, 1.82) is 0 Å². The van der Waals surface area contributed by atoms with E-state index in [1.165, 1.54) is 4.68 Å². The summed E-state index contributed by atoms with van der Waals surface area (Å²) in [5.41, 5.74) is 2.08. The van der Waals surface area contributed by atoms with Gasteiger partial charge in [-0.15, -0.1) is 0 Å². The molecule has 118 valence electrons. The fourth-order valence-corrected chi connectivity index (χ4v) is 2.20. The second-order valence-electron chi connectivity index (χ2n) is 4.93. The van der Waals surface area contributed by atoms with E-state index in [0.717, 1.165) is 11.1 Å². The van der Waals surface area contributed by atoms with Crippen LogP contribution in [0.25, 0.3) is 0 Å². The van der Waals surface area contributed by atoms with Gasteiger partial charge in [-0.3, -0.25) is 15.2 Å². The summed E-state index contributed by atoms with van der Waals surface area (Å²) in [7, 11) is 0. The van der Waals surface area contributed by atoms with E-state index in [2.05, 4.69) is 10.4 Å². The number of amides is 1. The molecule has 0 saturated carbocycles. The van der Waals surface area contributed by atoms with Crippen molar-refractivity contribution in [1.82, 2.24) is 9.78 Å². The Kier molecular flexibility index (Phi) is 4.92. The van der Waals surface area contributed by atoms with Crippen molar-refractivity contribution in [3.8, 4) is 0 Å². The summed E-state index contributed by atoms with van der Waals surface area (Å²) in [6.07, 6.45) is -0.600. The van der Waals surface area contributed by atoms with Crippen LogP contribution in [0.3, 0.4) is 0 Å². The van der Waals surface area contributed by atoms with Crippen LogP contribution >= 0.6 is 11.6 Å². The molecule has 22 heavy (non-hydrogen) atoms. The van der Waals surface area contributed by atoms with Gasteiger partial charge >= 0.3 is 6.09 Å². The molecular weight excluding hydrogens is 306 g/mol. The minimum absolute atomic E-state index is 0.205. The van der Waals surface area contributed by atoms with Gasteiger partial charge in [0.1, 0.15) is 5.82 Å². The highest BCUT2D eigenvalue weighted by Gasteiger charge is 2.13. The molecule has 1 aromatic carbocycles. The predicted octanol–water partition coefficient (Wildman–Crippen LogP) is 3.06. The molecule has 2 aromatic rings. The lowest BCUT2D eigenvalue weighted by Crippen LogP contribution is -2.18. The molecule has 0 fully saturated rings. The first-order valence-corrected chi connectivity index (χ1v) is 7.28. The van der Waals surface area contributed by atoms with Crippen molar-refractivity contribution < 1.29 is 9.53 Å². The number of benzene rings is 1. The number of hydrogen-bond donors (Lipinski definition) is 2. The van der Waals surface area contributed by atoms with Crippen LogP contribution in [-0.2, 0) is 11.3 Å². The van der Waals surface area contributed by atoms with Crippen LogP contribution in [0.4, 0.5) is 10.6 Å². The topological polar surface area (TPSA) is 76.1 Å². The highest BCUT2D eigenvalue weighted by atomic mass is 35.5. The molecule has 0 aliphatic heterocycles. The van der Waals surface area contributed by atoms with Crippen LogP contribution in [0.2, 0.25) is 5.02 Å². The first-order valence-electron chi connectivity index (χ1n) is 6.90. The molecule has 0 radical (unpaired) electrons. The highest BCUT2D eigenvalue weighted by Crippen LogP contribution is 2.17. The van der Waals surface area contributed by atoms with Gasteiger partial charge in [-0.05, 0) is 38.0 Å². The van der Waals surface area contributed by atoms with Crippen molar-refractivity contribution in [3.63, 3.8) is 0 Å². The quantitative estimate of drug-likeness (QED) is 0.908. The molecule has 1 amide bonds. The van der Waals surface area contributed by atoms with Crippen molar-refractivity contribution in [2.45, 2.75) is 27.3 Å². The minimum atomic E-state index is -0.600. The van der Waals surface area contributed by atoms with E-state index in [0.29, 0.717) is 22.9 Å². The number of aryl methyl sites for hydroxylation is 1. The number of halogens is 1. The molecule has 6 nitrogen and oxygen atoms in total. The SMILES string of the molecule is CCOC(=O)Nc1[nH]n(Cc2ccc(C)c(Cl)c2)c(=O)c1C. The van der Waals surface area contributed by atoms with E-state index in [1.807, 2.05) is 25.1 Å². The summed E-state index contributed by atoms with van der Waals surface area (Å²) in [5, 5.41) is 6.04. The van der Waals surface area contributed by atoms with Crippen molar-refractivity contribution in [2.24, 2.45) is 0 Å². The largest absolute Gasteiger partial charge is 0.450 e. The number of carbonyl (C=O) groups is 1. The average molecular weight is 324 g/mol. The molecule has 1 heterocycles. The lowest BCUT2D eigenvalue weighted by molar-refractivity contribution is 0.168. The number of H-pyrrole nitrogens is 1. The number of ether oxygens (including phenoxy) is 1. The molecule has 1 aromatic heterocycles. The van der Waals surface area contributed by atoms with Gasteiger partial charge in [-0.25, -0.2) is 9.48 Å². The third-order valence-electron chi connectivity index (χ3n) is 3.27. The molecule has 0 unspecified atom stereocenters. The van der Waals surface area contributed by atoms with Gasteiger partial charge in [-0.1, -0.05) is 23.7 Å². The molecule has 0 saturated heterocycles. The lowest BCUT2D eigenvalue weighted by Gasteiger charge is -2.05. The predicted molar refractivity (Wildman–Crippen MR) is 85.7 cm³/mol. The van der Waals surface area contributed by atoms with Gasteiger partial charge in [0.05, 0.1) is 18.7 Å². The average Bonchev–Trinajstić information content (AvgIpc) is 2.71. The molecule has 2 rings (SSSR count). The van der Waals surface area contributed by atoms with Gasteiger partial charge in [0.15, 0.2) is 0 Å². The molecule has 0 atom stereocenters. The Morgan fingerprint density at radius 1 is 1.41 bits per heavy atom. The number of rotatable bonds is 4. The number of hydrogen-bond acceptors (Lipinski definition) is 3. The Hall–Kier alpha value is -2.21.